The smallest absolute Gasteiger partial charge is 0.243 e. The van der Waals surface area contributed by atoms with Crippen molar-refractivity contribution < 1.29 is 13.9 Å². The van der Waals surface area contributed by atoms with Gasteiger partial charge in [0.25, 0.3) is 0 Å². The van der Waals surface area contributed by atoms with E-state index in [9.17, 15) is 4.79 Å². The first kappa shape index (κ1) is 26.1. The zero-order valence-electron chi connectivity index (χ0n) is 22.8. The number of pyridine rings is 1. The summed E-state index contributed by atoms with van der Waals surface area (Å²) in [5.41, 5.74) is 2.83. The summed E-state index contributed by atoms with van der Waals surface area (Å²) >= 11 is 0. The van der Waals surface area contributed by atoms with Crippen LogP contribution in [0.2, 0.25) is 0 Å². The van der Waals surface area contributed by atoms with Crippen LogP contribution in [0.3, 0.4) is 0 Å². The monoisotopic (exact) mass is 553 g/mol. The first-order valence-corrected chi connectivity index (χ1v) is 13.1. The van der Waals surface area contributed by atoms with Crippen molar-refractivity contribution in [3.63, 3.8) is 0 Å². The summed E-state index contributed by atoms with van der Waals surface area (Å²) in [5, 5.41) is 14.2. The second-order valence-corrected chi connectivity index (χ2v) is 10.3. The molecule has 1 saturated heterocycles. The average molecular weight is 554 g/mol. The quantitative estimate of drug-likeness (QED) is 0.279. The number of carbonyl (C=O) groups excluding carboxylic acids is 1. The lowest BCUT2D eigenvalue weighted by Crippen LogP contribution is -2.47. The first-order chi connectivity index (χ1) is 19.7. The summed E-state index contributed by atoms with van der Waals surface area (Å²) in [7, 11) is 1.81. The van der Waals surface area contributed by atoms with Gasteiger partial charge in [0.05, 0.1) is 22.3 Å². The van der Waals surface area contributed by atoms with Crippen molar-refractivity contribution in [1.29, 1.82) is 0 Å². The minimum Gasteiger partial charge on any atom is -0.457 e. The number of rotatable bonds is 7. The molecule has 1 fully saturated rings. The van der Waals surface area contributed by atoms with Gasteiger partial charge < -0.3 is 20.3 Å². The van der Waals surface area contributed by atoms with Gasteiger partial charge in [0.2, 0.25) is 5.91 Å². The van der Waals surface area contributed by atoms with Gasteiger partial charge in [-0.15, -0.1) is 5.10 Å². The number of hydrogen-bond donors (Lipinski definition) is 2. The topological polar surface area (TPSA) is 123 Å². The molecule has 0 saturated carbocycles. The van der Waals surface area contributed by atoms with Gasteiger partial charge in [-0.1, -0.05) is 11.8 Å². The average Bonchev–Trinajstić information content (AvgIpc) is 3.54. The molecule has 208 valence electrons. The molecule has 2 N–H and O–H groups in total. The molecule has 1 amide bonds. The molecule has 5 aromatic rings. The highest BCUT2D eigenvalue weighted by atomic mass is 19.1. The van der Waals surface area contributed by atoms with Crippen LogP contribution in [0.5, 0.6) is 11.5 Å². The van der Waals surface area contributed by atoms with Gasteiger partial charge in [-0.3, -0.25) is 4.79 Å². The van der Waals surface area contributed by atoms with Crippen molar-refractivity contribution in [1.82, 2.24) is 35.3 Å². The molecule has 3 aromatic heterocycles. The minimum atomic E-state index is -0.473. The van der Waals surface area contributed by atoms with E-state index in [2.05, 4.69) is 42.4 Å². The number of carbonyl (C=O) groups is 1. The Morgan fingerprint density at radius 1 is 1.17 bits per heavy atom. The van der Waals surface area contributed by atoms with Gasteiger partial charge in [-0.2, -0.15) is 0 Å². The summed E-state index contributed by atoms with van der Waals surface area (Å²) in [4.78, 5) is 27.5. The number of benzene rings is 2. The fourth-order valence-electron chi connectivity index (χ4n) is 5.02. The normalized spacial score (nSPS) is 16.7. The maximum atomic E-state index is 15.6. The molecule has 0 spiro atoms. The molecule has 2 aromatic carbocycles. The van der Waals surface area contributed by atoms with Crippen molar-refractivity contribution in [2.45, 2.75) is 25.8 Å². The zero-order valence-corrected chi connectivity index (χ0v) is 22.8. The van der Waals surface area contributed by atoms with E-state index in [-0.39, 0.29) is 11.6 Å². The van der Waals surface area contributed by atoms with Crippen LogP contribution < -0.4 is 20.3 Å². The number of hydrogen-bond acceptors (Lipinski definition) is 9. The Morgan fingerprint density at radius 3 is 2.85 bits per heavy atom. The number of aromatic nitrogens is 6. The van der Waals surface area contributed by atoms with Crippen LogP contribution >= 0.6 is 0 Å². The molecular formula is C29H28FN9O2. The van der Waals surface area contributed by atoms with Crippen molar-refractivity contribution in [2.75, 3.05) is 23.3 Å². The summed E-state index contributed by atoms with van der Waals surface area (Å²) in [6.07, 6.45) is 3.44. The van der Waals surface area contributed by atoms with Crippen molar-refractivity contribution in [3.05, 3.63) is 72.8 Å². The van der Waals surface area contributed by atoms with Crippen LogP contribution in [-0.4, -0.2) is 54.5 Å². The number of nitrogens with zero attached hydrogens (tertiary/aromatic N) is 7. The van der Waals surface area contributed by atoms with E-state index in [0.29, 0.717) is 58.3 Å². The fourth-order valence-corrected chi connectivity index (χ4v) is 5.02. The third-order valence-corrected chi connectivity index (χ3v) is 7.27. The molecule has 4 heterocycles. The summed E-state index contributed by atoms with van der Waals surface area (Å²) in [5.74, 6) is 1.32. The molecule has 6 rings (SSSR count). The molecule has 1 atom stereocenters. The Balaban J connectivity index is 1.25. The fraction of sp³-hybridized carbons (Fsp3) is 0.241. The van der Waals surface area contributed by atoms with Crippen LogP contribution in [0.15, 0.2) is 61.4 Å². The van der Waals surface area contributed by atoms with Gasteiger partial charge in [0, 0.05) is 31.8 Å². The van der Waals surface area contributed by atoms with E-state index in [1.807, 2.05) is 32.2 Å². The highest BCUT2D eigenvalue weighted by Crippen LogP contribution is 2.34. The number of fused-ring (bicyclic) bond motifs is 2. The molecule has 0 aliphatic carbocycles. The zero-order chi connectivity index (χ0) is 28.7. The number of aryl methyl sites for hydroxylation is 1. The maximum absolute atomic E-state index is 15.6. The van der Waals surface area contributed by atoms with E-state index in [1.54, 1.807) is 35.9 Å². The Labute approximate surface area is 235 Å². The molecule has 0 bridgehead atoms. The Kier molecular flexibility index (Phi) is 6.45. The predicted octanol–water partition coefficient (Wildman–Crippen LogP) is 4.56. The first-order valence-electron chi connectivity index (χ1n) is 13.1. The molecule has 0 radical (unpaired) electrons. The molecule has 1 aliphatic rings. The largest absolute Gasteiger partial charge is 0.457 e. The predicted molar refractivity (Wildman–Crippen MR) is 154 cm³/mol. The second-order valence-electron chi connectivity index (χ2n) is 10.3. The summed E-state index contributed by atoms with van der Waals surface area (Å²) in [6.45, 7) is 8.48. The van der Waals surface area contributed by atoms with Crippen LogP contribution in [0.4, 0.5) is 21.7 Å². The van der Waals surface area contributed by atoms with E-state index in [4.69, 9.17) is 9.72 Å². The van der Waals surface area contributed by atoms with E-state index >= 15 is 4.39 Å². The highest BCUT2D eigenvalue weighted by molar-refractivity contribution is 5.89. The number of halogens is 1. The lowest BCUT2D eigenvalue weighted by molar-refractivity contribution is -0.117. The summed E-state index contributed by atoms with van der Waals surface area (Å²) < 4.78 is 23.2. The molecule has 12 heteroatoms. The molecule has 11 nitrogen and oxygen atoms in total. The van der Waals surface area contributed by atoms with E-state index < -0.39 is 11.4 Å². The van der Waals surface area contributed by atoms with E-state index in [1.165, 1.54) is 12.4 Å². The molecule has 1 aliphatic heterocycles. The Morgan fingerprint density at radius 2 is 2.02 bits per heavy atom. The van der Waals surface area contributed by atoms with Crippen LogP contribution in [0, 0.1) is 12.7 Å². The van der Waals surface area contributed by atoms with Gasteiger partial charge in [-0.05, 0) is 62.7 Å². The standard InChI is InChI=1S/C29H28FN9O2/c1-5-25(40)35-29(3)12-13-39(15-29)24-11-8-20-27(34-24)28(32-16-31-20)33-19-7-10-23(17(2)26(19)30)41-18-6-9-22-21(14-18)36-37-38(22)4/h5-11,14,16H,1,12-13,15H2,2-4H3,(H,35,40)(H,31,32,33)/t29-/m1/s1. The SMILES string of the molecule is C=CC(=O)N[C@]1(C)CCN(c2ccc3ncnc(Nc4ccc(Oc5ccc6c(c5)nnn6C)c(C)c4F)c3n2)C1. The van der Waals surface area contributed by atoms with E-state index in [0.717, 1.165) is 11.9 Å². The third-order valence-electron chi connectivity index (χ3n) is 7.27. The highest BCUT2D eigenvalue weighted by Gasteiger charge is 2.35. The van der Waals surface area contributed by atoms with Crippen LogP contribution in [0.1, 0.15) is 18.9 Å². The van der Waals surface area contributed by atoms with Gasteiger partial charge >= 0.3 is 0 Å². The van der Waals surface area contributed by atoms with Crippen molar-refractivity contribution in [2.24, 2.45) is 7.05 Å². The Hall–Kier alpha value is -5.13. The lowest BCUT2D eigenvalue weighted by Gasteiger charge is -2.26. The summed E-state index contributed by atoms with van der Waals surface area (Å²) in [6, 6.07) is 12.5. The third kappa shape index (κ3) is 4.99. The maximum Gasteiger partial charge on any atom is 0.243 e. The number of ether oxygens (including phenoxy) is 1. The van der Waals surface area contributed by atoms with Gasteiger partial charge in [0.1, 0.15) is 34.7 Å². The van der Waals surface area contributed by atoms with Crippen LogP contribution in [-0.2, 0) is 11.8 Å². The van der Waals surface area contributed by atoms with Crippen molar-refractivity contribution >= 4 is 45.3 Å². The Bertz CT molecular complexity index is 1820. The molecule has 41 heavy (non-hydrogen) atoms. The second kappa shape index (κ2) is 10.1. The number of amides is 1. The van der Waals surface area contributed by atoms with Crippen LogP contribution in [0.25, 0.3) is 22.1 Å². The molecule has 0 unspecified atom stereocenters. The number of nitrogens with one attached hydrogen (secondary N) is 2. The van der Waals surface area contributed by atoms with Gasteiger partial charge in [0.15, 0.2) is 11.6 Å². The van der Waals surface area contributed by atoms with Gasteiger partial charge in [-0.25, -0.2) is 24.0 Å². The minimum absolute atomic E-state index is 0.207. The van der Waals surface area contributed by atoms with Crippen molar-refractivity contribution in [3.8, 4) is 11.5 Å². The molecular weight excluding hydrogens is 525 g/mol. The lowest BCUT2D eigenvalue weighted by atomic mass is 10.0. The number of anilines is 3.